The van der Waals surface area contributed by atoms with E-state index in [1.54, 1.807) is 13.2 Å². The van der Waals surface area contributed by atoms with E-state index in [2.05, 4.69) is 31.1 Å². The molecule has 0 bridgehead atoms. The highest BCUT2D eigenvalue weighted by Gasteiger charge is 2.16. The van der Waals surface area contributed by atoms with Crippen molar-refractivity contribution < 1.29 is 23.0 Å². The van der Waals surface area contributed by atoms with Crippen molar-refractivity contribution in [3.05, 3.63) is 34.6 Å². The first-order chi connectivity index (χ1) is 10.4. The number of alkyl halides is 2. The van der Waals surface area contributed by atoms with Gasteiger partial charge in [-0.25, -0.2) is 0 Å². The monoisotopic (exact) mass is 375 g/mol. The van der Waals surface area contributed by atoms with Crippen molar-refractivity contribution in [1.82, 2.24) is 9.78 Å². The van der Waals surface area contributed by atoms with E-state index in [0.29, 0.717) is 10.2 Å². The normalized spacial score (nSPS) is 10.6. The van der Waals surface area contributed by atoms with Gasteiger partial charge in [0.25, 0.3) is 5.91 Å². The molecule has 1 aromatic heterocycles. The van der Waals surface area contributed by atoms with Gasteiger partial charge in [-0.05, 0) is 28.1 Å². The number of aryl methyl sites for hydroxylation is 1. The van der Waals surface area contributed by atoms with Crippen LogP contribution in [0, 0.1) is 0 Å². The number of nitrogens with zero attached hydrogens (tertiary/aromatic N) is 2. The Kier molecular flexibility index (Phi) is 4.96. The molecule has 1 heterocycles. The summed E-state index contributed by atoms with van der Waals surface area (Å²) in [5.41, 5.74) is 0.565. The number of hydrogen-bond acceptors (Lipinski definition) is 4. The van der Waals surface area contributed by atoms with Crippen LogP contribution >= 0.6 is 15.9 Å². The summed E-state index contributed by atoms with van der Waals surface area (Å²) in [5.74, 6) is -0.482. The predicted molar refractivity (Wildman–Crippen MR) is 78.5 cm³/mol. The summed E-state index contributed by atoms with van der Waals surface area (Å²) in [6.45, 7) is -2.96. The minimum Gasteiger partial charge on any atom is -0.493 e. The second-order valence-electron chi connectivity index (χ2n) is 4.20. The van der Waals surface area contributed by atoms with Gasteiger partial charge < -0.3 is 14.8 Å². The summed E-state index contributed by atoms with van der Waals surface area (Å²) >= 11 is 3.23. The van der Waals surface area contributed by atoms with Gasteiger partial charge in [0.1, 0.15) is 0 Å². The maximum Gasteiger partial charge on any atom is 0.387 e. The summed E-state index contributed by atoms with van der Waals surface area (Å²) in [6, 6.07) is 4.09. The Labute approximate surface area is 133 Å². The molecule has 0 atom stereocenters. The Bertz CT molecular complexity index is 691. The van der Waals surface area contributed by atoms with Crippen molar-refractivity contribution in [2.45, 2.75) is 6.61 Å². The molecule has 0 saturated heterocycles. The van der Waals surface area contributed by atoms with Crippen LogP contribution in [0.3, 0.4) is 0 Å². The molecule has 1 N–H and O–H groups in total. The number of halogens is 3. The first kappa shape index (κ1) is 16.2. The minimum atomic E-state index is -2.96. The van der Waals surface area contributed by atoms with Gasteiger partial charge in [0.05, 0.1) is 11.6 Å². The Morgan fingerprint density at radius 2 is 2.14 bits per heavy atom. The third kappa shape index (κ3) is 3.73. The van der Waals surface area contributed by atoms with Crippen molar-refractivity contribution in [3.8, 4) is 11.5 Å². The number of carbonyl (C=O) groups excluding carboxylic acids is 1. The fourth-order valence-electron chi connectivity index (χ4n) is 1.74. The molecule has 2 aromatic rings. The fraction of sp³-hybridized carbons (Fsp3) is 0.231. The number of amides is 1. The van der Waals surface area contributed by atoms with Crippen LogP contribution in [0.2, 0.25) is 0 Å². The Morgan fingerprint density at radius 3 is 2.68 bits per heavy atom. The molecule has 118 valence electrons. The van der Waals surface area contributed by atoms with Crippen molar-refractivity contribution in [2.24, 2.45) is 7.05 Å². The van der Waals surface area contributed by atoms with Gasteiger partial charge in [-0.2, -0.15) is 13.9 Å². The maximum absolute atomic E-state index is 12.3. The second kappa shape index (κ2) is 6.73. The molecule has 0 saturated carbocycles. The zero-order chi connectivity index (χ0) is 16.3. The molecule has 2 rings (SSSR count). The molecule has 9 heteroatoms. The molecule has 0 fully saturated rings. The van der Waals surface area contributed by atoms with Crippen LogP contribution in [0.25, 0.3) is 0 Å². The van der Waals surface area contributed by atoms with Crippen molar-refractivity contribution in [2.75, 3.05) is 12.4 Å². The van der Waals surface area contributed by atoms with E-state index in [9.17, 15) is 13.6 Å². The molecule has 0 aliphatic carbocycles. The van der Waals surface area contributed by atoms with Crippen LogP contribution in [0.15, 0.2) is 28.9 Å². The number of rotatable bonds is 5. The minimum absolute atomic E-state index is 0.0817. The highest BCUT2D eigenvalue weighted by atomic mass is 79.9. The lowest BCUT2D eigenvalue weighted by atomic mass is 10.2. The molecule has 6 nitrogen and oxygen atoms in total. The summed E-state index contributed by atoms with van der Waals surface area (Å²) < 4.78 is 35.8. The number of benzene rings is 1. The fourth-order valence-corrected chi connectivity index (χ4v) is 2.30. The van der Waals surface area contributed by atoms with Crippen LogP contribution in [-0.2, 0) is 7.05 Å². The van der Waals surface area contributed by atoms with Crippen LogP contribution in [-0.4, -0.2) is 29.4 Å². The van der Waals surface area contributed by atoms with Crippen molar-refractivity contribution in [3.63, 3.8) is 0 Å². The predicted octanol–water partition coefficient (Wildman–Crippen LogP) is 3.04. The highest BCUT2D eigenvalue weighted by molar-refractivity contribution is 9.10. The average molecular weight is 376 g/mol. The van der Waals surface area contributed by atoms with Gasteiger partial charge >= 0.3 is 6.61 Å². The van der Waals surface area contributed by atoms with Crippen LogP contribution in [0.5, 0.6) is 11.5 Å². The number of methoxy groups -OCH3 is 1. The van der Waals surface area contributed by atoms with E-state index in [0.717, 1.165) is 0 Å². The Morgan fingerprint density at radius 1 is 1.41 bits per heavy atom. The van der Waals surface area contributed by atoms with Crippen molar-refractivity contribution >= 4 is 27.5 Å². The van der Waals surface area contributed by atoms with Gasteiger partial charge in [0.15, 0.2) is 17.2 Å². The van der Waals surface area contributed by atoms with Crippen LogP contribution in [0.4, 0.5) is 14.5 Å². The quantitative estimate of drug-likeness (QED) is 0.871. The third-order valence-electron chi connectivity index (χ3n) is 2.64. The van der Waals surface area contributed by atoms with E-state index >= 15 is 0 Å². The van der Waals surface area contributed by atoms with E-state index in [4.69, 9.17) is 4.74 Å². The van der Waals surface area contributed by atoms with E-state index in [-0.39, 0.29) is 17.2 Å². The van der Waals surface area contributed by atoms with Gasteiger partial charge in [0.2, 0.25) is 0 Å². The van der Waals surface area contributed by atoms with Crippen LogP contribution < -0.4 is 14.8 Å². The number of aromatic nitrogens is 2. The van der Waals surface area contributed by atoms with E-state index < -0.39 is 12.5 Å². The smallest absolute Gasteiger partial charge is 0.387 e. The lowest BCUT2D eigenvalue weighted by Crippen LogP contribution is -2.14. The third-order valence-corrected chi connectivity index (χ3v) is 3.22. The zero-order valence-corrected chi connectivity index (χ0v) is 13.2. The maximum atomic E-state index is 12.3. The average Bonchev–Trinajstić information content (AvgIpc) is 2.79. The summed E-state index contributed by atoms with van der Waals surface area (Å²) in [5, 5.41) is 6.61. The molecule has 0 aliphatic rings. The highest BCUT2D eigenvalue weighted by Crippen LogP contribution is 2.31. The number of ether oxygens (including phenoxy) is 2. The molecule has 1 amide bonds. The van der Waals surface area contributed by atoms with Crippen LogP contribution in [0.1, 0.15) is 10.5 Å². The molecule has 0 radical (unpaired) electrons. The molecule has 0 unspecified atom stereocenters. The second-order valence-corrected chi connectivity index (χ2v) is 5.05. The zero-order valence-electron chi connectivity index (χ0n) is 11.6. The van der Waals surface area contributed by atoms with Gasteiger partial charge in [-0.15, -0.1) is 0 Å². The molecule has 1 aromatic carbocycles. The lowest BCUT2D eigenvalue weighted by Gasteiger charge is -2.11. The number of anilines is 1. The molecular formula is C13H12BrF2N3O3. The Hall–Kier alpha value is -2.16. The van der Waals surface area contributed by atoms with E-state index in [1.165, 1.54) is 30.0 Å². The summed E-state index contributed by atoms with van der Waals surface area (Å²) in [6.07, 6.45) is 1.63. The first-order valence-electron chi connectivity index (χ1n) is 6.04. The summed E-state index contributed by atoms with van der Waals surface area (Å²) in [7, 11) is 3.00. The topological polar surface area (TPSA) is 65.4 Å². The number of nitrogens with one attached hydrogen (secondary N) is 1. The summed E-state index contributed by atoms with van der Waals surface area (Å²) in [4.78, 5) is 12.1. The van der Waals surface area contributed by atoms with Gasteiger partial charge in [0, 0.05) is 25.0 Å². The first-order valence-corrected chi connectivity index (χ1v) is 6.83. The number of carbonyl (C=O) groups is 1. The SMILES string of the molecule is COc1cc(NC(=O)c2nn(C)cc2Br)ccc1OC(F)F. The molecular weight excluding hydrogens is 364 g/mol. The Balaban J connectivity index is 2.19. The van der Waals surface area contributed by atoms with Gasteiger partial charge in [-0.3, -0.25) is 9.48 Å². The molecule has 0 aliphatic heterocycles. The molecule has 0 spiro atoms. The van der Waals surface area contributed by atoms with Crippen molar-refractivity contribution in [1.29, 1.82) is 0 Å². The van der Waals surface area contributed by atoms with Gasteiger partial charge in [-0.1, -0.05) is 0 Å². The van der Waals surface area contributed by atoms with E-state index in [1.807, 2.05) is 0 Å². The standard InChI is InChI=1S/C13H12BrF2N3O3/c1-19-6-8(14)11(18-19)12(20)17-7-3-4-9(22-13(15)16)10(5-7)21-2/h3-6,13H,1-2H3,(H,17,20). The number of hydrogen-bond donors (Lipinski definition) is 1. The lowest BCUT2D eigenvalue weighted by molar-refractivity contribution is -0.0512. The largest absolute Gasteiger partial charge is 0.493 e. The molecule has 22 heavy (non-hydrogen) atoms.